The number of hydrogen-bond donors (Lipinski definition) is 1. The molecule has 1 saturated carbocycles. The summed E-state index contributed by atoms with van der Waals surface area (Å²) in [6.45, 7) is 6.06. The van der Waals surface area contributed by atoms with E-state index in [1.807, 2.05) is 6.92 Å². The van der Waals surface area contributed by atoms with E-state index in [2.05, 4.69) is 30.9 Å². The molecule has 1 spiro atoms. The molecule has 5 aliphatic rings. The maximum absolute atomic E-state index is 10.3. The average Bonchev–Trinajstić information content (AvgIpc) is 2.72. The van der Waals surface area contributed by atoms with Crippen LogP contribution in [0.15, 0.2) is 23.8 Å². The minimum atomic E-state index is -1.73. The molecule has 0 aromatic carbocycles. The van der Waals surface area contributed by atoms with Crippen molar-refractivity contribution in [3.63, 3.8) is 0 Å². The van der Waals surface area contributed by atoms with E-state index < -0.39 is 28.6 Å². The lowest BCUT2D eigenvalue weighted by molar-refractivity contribution is -0.350. The van der Waals surface area contributed by atoms with Crippen molar-refractivity contribution in [2.45, 2.75) is 63.8 Å². The molecule has 3 saturated heterocycles. The highest BCUT2D eigenvalue weighted by molar-refractivity contribution is 5.89. The maximum Gasteiger partial charge on any atom is 0.218 e. The third-order valence-electron chi connectivity index (χ3n) is 7.30. The predicted molar refractivity (Wildman–Crippen MR) is 100 cm³/mol. The summed E-state index contributed by atoms with van der Waals surface area (Å²) in [6, 6.07) is 6.55. The second-order valence-electron chi connectivity index (χ2n) is 8.59. The van der Waals surface area contributed by atoms with Crippen molar-refractivity contribution in [2.75, 3.05) is 0 Å². The molecular weight excluding hydrogens is 352 g/mol. The highest BCUT2D eigenvalue weighted by Gasteiger charge is 2.80. The predicted octanol–water partition coefficient (Wildman–Crippen LogP) is 4.13. The molecule has 0 radical (unpaired) electrons. The number of nitrogens with one attached hydrogen (secondary N) is 1. The first-order valence-electron chi connectivity index (χ1n) is 9.94. The Morgan fingerprint density at radius 3 is 2.54 bits per heavy atom. The molecule has 2 aliphatic carbocycles. The molecule has 5 rings (SSSR count). The van der Waals surface area contributed by atoms with E-state index in [-0.39, 0.29) is 5.90 Å². The summed E-state index contributed by atoms with van der Waals surface area (Å²) < 4.78 is 12.4. The normalized spacial score (nSPS) is 40.7. The van der Waals surface area contributed by atoms with Crippen LogP contribution in [-0.2, 0) is 9.47 Å². The van der Waals surface area contributed by atoms with Crippen molar-refractivity contribution in [2.24, 2.45) is 22.7 Å². The molecule has 144 valence electrons. The smallest absolute Gasteiger partial charge is 0.218 e. The number of nitrogens with zero attached hydrogens (tertiary/aromatic N) is 3. The van der Waals surface area contributed by atoms with E-state index in [0.29, 0.717) is 25.2 Å². The molecule has 4 unspecified atom stereocenters. The Kier molecular flexibility index (Phi) is 4.14. The SMILES string of the molecule is C=C(C)[C@@H]1CC=C(C2OC34CCCCC3C(C#N)(C#N)C2(C#N)C(=N)O4)CC1. The minimum Gasteiger partial charge on any atom is -0.447 e. The number of rotatable bonds is 2. The van der Waals surface area contributed by atoms with Crippen LogP contribution >= 0.6 is 0 Å². The summed E-state index contributed by atoms with van der Waals surface area (Å²) in [5.41, 5.74) is -1.35. The van der Waals surface area contributed by atoms with Crippen LogP contribution < -0.4 is 0 Å². The Bertz CT molecular complexity index is 887. The molecule has 4 fully saturated rings. The Hall–Kier alpha value is -2.62. The van der Waals surface area contributed by atoms with Gasteiger partial charge in [-0.3, -0.25) is 5.41 Å². The number of fused-ring (bicyclic) bond motifs is 2. The molecule has 1 N–H and O–H groups in total. The van der Waals surface area contributed by atoms with Crippen molar-refractivity contribution in [3.05, 3.63) is 23.8 Å². The Morgan fingerprint density at radius 2 is 1.96 bits per heavy atom. The average molecular weight is 376 g/mol. The van der Waals surface area contributed by atoms with Gasteiger partial charge in [-0.2, -0.15) is 15.8 Å². The Labute approximate surface area is 165 Å². The van der Waals surface area contributed by atoms with Gasteiger partial charge in [-0.1, -0.05) is 24.6 Å². The molecule has 3 aliphatic heterocycles. The van der Waals surface area contributed by atoms with E-state index in [0.717, 1.165) is 36.8 Å². The molecule has 0 amide bonds. The molecule has 0 aromatic rings. The zero-order chi connectivity index (χ0) is 20.2. The van der Waals surface area contributed by atoms with Crippen molar-refractivity contribution in [1.29, 1.82) is 21.2 Å². The van der Waals surface area contributed by atoms with Crippen molar-refractivity contribution in [3.8, 4) is 18.2 Å². The van der Waals surface area contributed by atoms with Crippen LogP contribution in [0.2, 0.25) is 0 Å². The van der Waals surface area contributed by atoms with Gasteiger partial charge in [0.2, 0.25) is 11.7 Å². The van der Waals surface area contributed by atoms with Crippen LogP contribution in [0.5, 0.6) is 0 Å². The van der Waals surface area contributed by atoms with Gasteiger partial charge in [0.15, 0.2) is 10.8 Å². The molecular formula is C22H24N4O2. The van der Waals surface area contributed by atoms with Crippen LogP contribution in [0, 0.1) is 62.1 Å². The lowest BCUT2D eigenvalue weighted by Crippen LogP contribution is -2.76. The molecule has 6 heteroatoms. The highest BCUT2D eigenvalue weighted by atomic mass is 16.7. The fourth-order valence-corrected chi connectivity index (χ4v) is 5.72. The second-order valence-corrected chi connectivity index (χ2v) is 8.59. The van der Waals surface area contributed by atoms with Gasteiger partial charge < -0.3 is 9.47 Å². The highest BCUT2D eigenvalue weighted by Crippen LogP contribution is 2.67. The summed E-state index contributed by atoms with van der Waals surface area (Å²) >= 11 is 0. The quantitative estimate of drug-likeness (QED) is 0.728. The second kappa shape index (κ2) is 6.20. The van der Waals surface area contributed by atoms with Gasteiger partial charge in [0, 0.05) is 6.42 Å². The molecule has 0 aromatic heterocycles. The third-order valence-corrected chi connectivity index (χ3v) is 7.30. The number of nitriles is 3. The lowest BCUT2D eigenvalue weighted by Gasteiger charge is -2.64. The lowest BCUT2D eigenvalue weighted by atomic mass is 9.48. The summed E-state index contributed by atoms with van der Waals surface area (Å²) in [6.07, 6.45) is 6.47. The van der Waals surface area contributed by atoms with Gasteiger partial charge in [0.25, 0.3) is 0 Å². The van der Waals surface area contributed by atoms with E-state index in [1.165, 1.54) is 0 Å². The summed E-state index contributed by atoms with van der Waals surface area (Å²) in [4.78, 5) is 0. The Morgan fingerprint density at radius 1 is 1.21 bits per heavy atom. The van der Waals surface area contributed by atoms with E-state index in [9.17, 15) is 15.8 Å². The van der Waals surface area contributed by atoms with E-state index in [1.54, 1.807) is 0 Å². The van der Waals surface area contributed by atoms with Gasteiger partial charge in [0.05, 0.1) is 24.1 Å². The first kappa shape index (κ1) is 18.7. The zero-order valence-corrected chi connectivity index (χ0v) is 16.1. The number of ether oxygens (including phenoxy) is 2. The molecule has 28 heavy (non-hydrogen) atoms. The van der Waals surface area contributed by atoms with Crippen molar-refractivity contribution >= 4 is 5.90 Å². The number of hydrogen-bond acceptors (Lipinski definition) is 6. The summed E-state index contributed by atoms with van der Waals surface area (Å²) in [7, 11) is 0. The number of allylic oxidation sites excluding steroid dienone is 2. The largest absolute Gasteiger partial charge is 0.447 e. The topological polar surface area (TPSA) is 114 Å². The zero-order valence-electron chi connectivity index (χ0n) is 16.1. The van der Waals surface area contributed by atoms with Gasteiger partial charge in [-0.25, -0.2) is 0 Å². The van der Waals surface area contributed by atoms with Crippen LogP contribution in [0.25, 0.3) is 0 Å². The summed E-state index contributed by atoms with van der Waals surface area (Å²) in [5, 5.41) is 39.2. The first-order chi connectivity index (χ1) is 13.4. The van der Waals surface area contributed by atoms with Crippen LogP contribution in [0.3, 0.4) is 0 Å². The van der Waals surface area contributed by atoms with E-state index >= 15 is 0 Å². The fourth-order valence-electron chi connectivity index (χ4n) is 5.72. The first-order valence-corrected chi connectivity index (χ1v) is 9.94. The molecule has 5 atom stereocenters. The summed E-state index contributed by atoms with van der Waals surface area (Å²) in [5.74, 6) is -1.58. The Balaban J connectivity index is 1.87. The standard InChI is InChI=1S/C22H24N4O2/c1-14(2)15-6-8-16(9-7-15)18-21(13-25)19(26)28-22(27-18)10-4-3-5-17(22)20(21,11-23)12-24/h8,15,17-18,26H,1,3-7,9-10H2,2H3/t15-,17?,18?,21?,22?/m1/s1. The van der Waals surface area contributed by atoms with Crippen LogP contribution in [0.4, 0.5) is 0 Å². The molecule has 2 bridgehead atoms. The van der Waals surface area contributed by atoms with E-state index in [4.69, 9.17) is 14.9 Å². The fraction of sp³-hybridized carbons (Fsp3) is 0.636. The maximum atomic E-state index is 10.3. The molecule has 6 nitrogen and oxygen atoms in total. The van der Waals surface area contributed by atoms with Gasteiger partial charge in [-0.05, 0) is 50.5 Å². The third kappa shape index (κ3) is 2.06. The van der Waals surface area contributed by atoms with Crippen LogP contribution in [0.1, 0.15) is 51.9 Å². The van der Waals surface area contributed by atoms with Gasteiger partial charge in [0.1, 0.15) is 6.10 Å². The molecule has 3 heterocycles. The monoisotopic (exact) mass is 376 g/mol. The van der Waals surface area contributed by atoms with Crippen molar-refractivity contribution < 1.29 is 9.47 Å². The van der Waals surface area contributed by atoms with Gasteiger partial charge in [-0.15, -0.1) is 0 Å². The van der Waals surface area contributed by atoms with Crippen LogP contribution in [-0.4, -0.2) is 17.8 Å². The minimum absolute atomic E-state index is 0.282. The van der Waals surface area contributed by atoms with Gasteiger partial charge >= 0.3 is 0 Å². The van der Waals surface area contributed by atoms with Crippen molar-refractivity contribution in [1.82, 2.24) is 0 Å².